The molecule has 0 fully saturated rings. The summed E-state index contributed by atoms with van der Waals surface area (Å²) in [4.78, 5) is 29.2. The van der Waals surface area contributed by atoms with Crippen LogP contribution in [0.4, 0.5) is 0 Å². The minimum atomic E-state index is -0.262. The second-order valence-electron chi connectivity index (χ2n) is 8.97. The molecule has 1 amide bonds. The van der Waals surface area contributed by atoms with Gasteiger partial charge in [-0.25, -0.2) is 9.97 Å². The number of carbonyl (C=O) groups excluding carboxylic acids is 1. The maximum atomic E-state index is 13.5. The van der Waals surface area contributed by atoms with Gasteiger partial charge in [0.05, 0.1) is 22.6 Å². The van der Waals surface area contributed by atoms with Gasteiger partial charge in [0.15, 0.2) is 0 Å². The Morgan fingerprint density at radius 1 is 0.943 bits per heavy atom. The van der Waals surface area contributed by atoms with Crippen LogP contribution >= 0.6 is 0 Å². The van der Waals surface area contributed by atoms with Crippen LogP contribution in [-0.4, -0.2) is 25.8 Å². The van der Waals surface area contributed by atoms with Crippen molar-refractivity contribution < 1.29 is 4.79 Å². The van der Waals surface area contributed by atoms with E-state index in [1.165, 1.54) is 5.56 Å². The molecule has 1 atom stereocenters. The summed E-state index contributed by atoms with van der Waals surface area (Å²) in [5.41, 5.74) is 9.83. The number of nitrogens with zero attached hydrogens (tertiary/aromatic N) is 2. The molecule has 35 heavy (non-hydrogen) atoms. The van der Waals surface area contributed by atoms with Crippen LogP contribution in [0.2, 0.25) is 0 Å². The fourth-order valence-corrected chi connectivity index (χ4v) is 5.23. The molecule has 1 aliphatic carbocycles. The number of hydrogen-bond acceptors (Lipinski definition) is 3. The van der Waals surface area contributed by atoms with Gasteiger partial charge in [-0.3, -0.25) is 4.79 Å². The number of fused-ring (bicyclic) bond motifs is 5. The van der Waals surface area contributed by atoms with E-state index < -0.39 is 0 Å². The monoisotopic (exact) mass is 455 g/mol. The van der Waals surface area contributed by atoms with E-state index in [-0.39, 0.29) is 11.9 Å². The van der Waals surface area contributed by atoms with Gasteiger partial charge >= 0.3 is 0 Å². The molecule has 6 heteroatoms. The predicted molar refractivity (Wildman–Crippen MR) is 137 cm³/mol. The third kappa shape index (κ3) is 3.00. The third-order valence-corrected chi connectivity index (χ3v) is 6.82. The number of aromatic amines is 2. The van der Waals surface area contributed by atoms with Crippen LogP contribution in [-0.2, 0) is 0 Å². The quantitative estimate of drug-likeness (QED) is 0.310. The molecular weight excluding hydrogens is 434 g/mol. The molecule has 0 saturated carbocycles. The first kappa shape index (κ1) is 19.7. The number of nitrogens with one attached hydrogen (secondary N) is 3. The first-order chi connectivity index (χ1) is 17.2. The Hall–Kier alpha value is -4.71. The van der Waals surface area contributed by atoms with E-state index in [4.69, 9.17) is 4.98 Å². The van der Waals surface area contributed by atoms with E-state index >= 15 is 0 Å². The molecule has 7 rings (SSSR count). The van der Waals surface area contributed by atoms with Crippen molar-refractivity contribution in [2.24, 2.45) is 0 Å². The summed E-state index contributed by atoms with van der Waals surface area (Å²) in [7, 11) is 0. The van der Waals surface area contributed by atoms with Gasteiger partial charge in [-0.05, 0) is 59.0 Å². The molecule has 3 aromatic carbocycles. The van der Waals surface area contributed by atoms with Gasteiger partial charge < -0.3 is 15.3 Å². The normalized spacial score (nSPS) is 14.3. The molecular formula is C29H21N5O. The highest BCUT2D eigenvalue weighted by molar-refractivity contribution is 6.06. The molecule has 0 spiro atoms. The lowest BCUT2D eigenvalue weighted by atomic mass is 9.98. The molecule has 1 aliphatic rings. The molecule has 3 aromatic heterocycles. The maximum absolute atomic E-state index is 13.5. The zero-order valence-corrected chi connectivity index (χ0v) is 19.0. The van der Waals surface area contributed by atoms with Gasteiger partial charge in [0.25, 0.3) is 5.91 Å². The Morgan fingerprint density at radius 3 is 2.74 bits per heavy atom. The zero-order chi connectivity index (χ0) is 23.5. The van der Waals surface area contributed by atoms with Crippen molar-refractivity contribution in [2.45, 2.75) is 13.0 Å². The SMILES string of the molecule is Cc1ccc2nc(-c3cccc4c3-c3ccccc3[C@H]4NC(=O)c3ccnc4[nH]ccc34)[nH]c2c1. The molecule has 168 valence electrons. The summed E-state index contributed by atoms with van der Waals surface area (Å²) in [5.74, 6) is 0.696. The minimum Gasteiger partial charge on any atom is -0.346 e. The Balaban J connectivity index is 1.36. The minimum absolute atomic E-state index is 0.130. The average Bonchev–Trinajstić information content (AvgIpc) is 3.60. The molecule has 3 N–H and O–H groups in total. The van der Waals surface area contributed by atoms with Crippen LogP contribution in [0.1, 0.15) is 33.1 Å². The number of amides is 1. The van der Waals surface area contributed by atoms with Crippen molar-refractivity contribution in [1.82, 2.24) is 25.3 Å². The summed E-state index contributed by atoms with van der Waals surface area (Å²) >= 11 is 0. The van der Waals surface area contributed by atoms with Crippen LogP contribution in [0.5, 0.6) is 0 Å². The number of aryl methyl sites for hydroxylation is 1. The zero-order valence-electron chi connectivity index (χ0n) is 19.0. The Morgan fingerprint density at radius 2 is 1.80 bits per heavy atom. The number of aromatic nitrogens is 4. The second kappa shape index (κ2) is 7.40. The number of rotatable bonds is 3. The molecule has 3 heterocycles. The highest BCUT2D eigenvalue weighted by Gasteiger charge is 2.32. The lowest BCUT2D eigenvalue weighted by molar-refractivity contribution is 0.0945. The fourth-order valence-electron chi connectivity index (χ4n) is 5.23. The smallest absolute Gasteiger partial charge is 0.252 e. The standard InChI is InChI=1S/C29H21N5O/c1-16-9-10-23-24(15-16)33-28(32-23)22-8-4-7-21-25(22)17-5-2-3-6-18(17)26(21)34-29(35)20-12-14-31-27-19(20)11-13-30-27/h2-15,26H,1H3,(H,30,31)(H,32,33)(H,34,35)/t26-/m1/s1. The predicted octanol–water partition coefficient (Wildman–Crippen LogP) is 5.91. The molecule has 6 nitrogen and oxygen atoms in total. The van der Waals surface area contributed by atoms with Crippen molar-refractivity contribution in [2.75, 3.05) is 0 Å². The molecule has 0 saturated heterocycles. The van der Waals surface area contributed by atoms with Crippen molar-refractivity contribution in [3.05, 3.63) is 107 Å². The topological polar surface area (TPSA) is 86.5 Å². The summed E-state index contributed by atoms with van der Waals surface area (Å²) in [5, 5.41) is 4.10. The third-order valence-electron chi connectivity index (χ3n) is 6.82. The van der Waals surface area contributed by atoms with Gasteiger partial charge in [-0.15, -0.1) is 0 Å². The van der Waals surface area contributed by atoms with E-state index in [1.54, 1.807) is 18.5 Å². The molecule has 6 aromatic rings. The maximum Gasteiger partial charge on any atom is 0.252 e. The van der Waals surface area contributed by atoms with Gasteiger partial charge in [0.2, 0.25) is 0 Å². The van der Waals surface area contributed by atoms with Crippen LogP contribution in [0.3, 0.4) is 0 Å². The number of pyridine rings is 1. The van der Waals surface area contributed by atoms with E-state index in [0.717, 1.165) is 50.1 Å². The van der Waals surface area contributed by atoms with Crippen molar-refractivity contribution >= 4 is 28.0 Å². The van der Waals surface area contributed by atoms with Crippen LogP contribution in [0.15, 0.2) is 85.2 Å². The number of hydrogen-bond donors (Lipinski definition) is 3. The number of imidazole rings is 1. The summed E-state index contributed by atoms with van der Waals surface area (Å²) in [6.07, 6.45) is 3.46. The van der Waals surface area contributed by atoms with E-state index in [9.17, 15) is 4.79 Å². The van der Waals surface area contributed by atoms with Gasteiger partial charge in [0.1, 0.15) is 11.5 Å². The Bertz CT molecular complexity index is 1780. The van der Waals surface area contributed by atoms with Crippen LogP contribution in [0, 0.1) is 6.92 Å². The van der Waals surface area contributed by atoms with Crippen molar-refractivity contribution in [3.63, 3.8) is 0 Å². The molecule has 0 radical (unpaired) electrons. The van der Waals surface area contributed by atoms with Crippen LogP contribution in [0.25, 0.3) is 44.6 Å². The first-order valence-corrected chi connectivity index (χ1v) is 11.6. The highest BCUT2D eigenvalue weighted by atomic mass is 16.1. The van der Waals surface area contributed by atoms with E-state index in [1.807, 2.05) is 30.3 Å². The first-order valence-electron chi connectivity index (χ1n) is 11.6. The Kier molecular flexibility index (Phi) is 4.17. The summed E-state index contributed by atoms with van der Waals surface area (Å²) < 4.78 is 0. The number of carbonyl (C=O) groups is 1. The van der Waals surface area contributed by atoms with Gasteiger partial charge in [-0.2, -0.15) is 0 Å². The van der Waals surface area contributed by atoms with E-state index in [2.05, 4.69) is 63.6 Å². The van der Waals surface area contributed by atoms with Gasteiger partial charge in [-0.1, -0.05) is 48.5 Å². The van der Waals surface area contributed by atoms with Crippen molar-refractivity contribution in [1.29, 1.82) is 0 Å². The van der Waals surface area contributed by atoms with Crippen molar-refractivity contribution in [3.8, 4) is 22.5 Å². The lowest BCUT2D eigenvalue weighted by Gasteiger charge is -2.16. The van der Waals surface area contributed by atoms with E-state index in [0.29, 0.717) is 11.2 Å². The molecule has 0 unspecified atom stereocenters. The van der Waals surface area contributed by atoms with Crippen LogP contribution < -0.4 is 5.32 Å². The molecule has 0 aliphatic heterocycles. The number of benzene rings is 3. The summed E-state index contributed by atoms with van der Waals surface area (Å²) in [6, 6.07) is 24.1. The molecule has 0 bridgehead atoms. The lowest BCUT2D eigenvalue weighted by Crippen LogP contribution is -2.28. The average molecular weight is 456 g/mol. The number of H-pyrrole nitrogens is 2. The highest BCUT2D eigenvalue weighted by Crippen LogP contribution is 2.47. The Labute approximate surface area is 201 Å². The second-order valence-corrected chi connectivity index (χ2v) is 8.97. The summed E-state index contributed by atoms with van der Waals surface area (Å²) in [6.45, 7) is 2.08. The largest absolute Gasteiger partial charge is 0.346 e. The fraction of sp³-hybridized carbons (Fsp3) is 0.0690. The van der Waals surface area contributed by atoms with Gasteiger partial charge in [0, 0.05) is 23.3 Å².